The van der Waals surface area contributed by atoms with Crippen LogP contribution >= 0.6 is 0 Å². The van der Waals surface area contributed by atoms with Gasteiger partial charge < -0.3 is 19.3 Å². The number of pyridine rings is 1. The Bertz CT molecular complexity index is 908. The molecule has 166 valence electrons. The number of piperazine rings is 1. The smallest absolute Gasteiger partial charge is 0.416 e. The van der Waals surface area contributed by atoms with Crippen molar-refractivity contribution >= 4 is 11.6 Å². The summed E-state index contributed by atoms with van der Waals surface area (Å²) in [4.78, 5) is 20.7. The molecule has 2 saturated heterocycles. The van der Waals surface area contributed by atoms with E-state index in [0.29, 0.717) is 56.5 Å². The van der Waals surface area contributed by atoms with E-state index in [-0.39, 0.29) is 12.0 Å². The van der Waals surface area contributed by atoms with E-state index < -0.39 is 11.7 Å². The first-order valence-corrected chi connectivity index (χ1v) is 10.3. The van der Waals surface area contributed by atoms with Crippen LogP contribution in [0.15, 0.2) is 42.6 Å². The molecule has 31 heavy (non-hydrogen) atoms. The van der Waals surface area contributed by atoms with E-state index in [4.69, 9.17) is 9.47 Å². The highest BCUT2D eigenvalue weighted by Gasteiger charge is 2.31. The van der Waals surface area contributed by atoms with E-state index in [1.807, 2.05) is 4.90 Å². The molecule has 3 heterocycles. The maximum absolute atomic E-state index is 13.0. The summed E-state index contributed by atoms with van der Waals surface area (Å²) in [5, 5.41) is 0. The Morgan fingerprint density at radius 1 is 1.06 bits per heavy atom. The van der Waals surface area contributed by atoms with Gasteiger partial charge in [-0.3, -0.25) is 4.79 Å². The molecule has 2 aliphatic heterocycles. The minimum Gasteiger partial charge on any atom is -0.474 e. The number of halogens is 3. The van der Waals surface area contributed by atoms with Crippen LogP contribution in [0.5, 0.6) is 5.88 Å². The monoisotopic (exact) mass is 435 g/mol. The highest BCUT2D eigenvalue weighted by Crippen LogP contribution is 2.32. The van der Waals surface area contributed by atoms with Crippen LogP contribution in [0.3, 0.4) is 0 Å². The van der Waals surface area contributed by atoms with Gasteiger partial charge in [0.1, 0.15) is 6.10 Å². The summed E-state index contributed by atoms with van der Waals surface area (Å²) in [6.45, 7) is 3.08. The molecule has 0 aliphatic carbocycles. The van der Waals surface area contributed by atoms with Crippen molar-refractivity contribution in [2.45, 2.75) is 25.1 Å². The molecule has 2 aromatic rings. The van der Waals surface area contributed by atoms with Crippen molar-refractivity contribution in [2.75, 3.05) is 44.3 Å². The average molecular weight is 435 g/mol. The average Bonchev–Trinajstić information content (AvgIpc) is 2.79. The summed E-state index contributed by atoms with van der Waals surface area (Å²) in [7, 11) is 0. The summed E-state index contributed by atoms with van der Waals surface area (Å²) in [6.07, 6.45) is -1.21. The van der Waals surface area contributed by atoms with Crippen molar-refractivity contribution in [3.8, 4) is 5.88 Å². The molecule has 1 aromatic heterocycles. The molecule has 0 radical (unpaired) electrons. The summed E-state index contributed by atoms with van der Waals surface area (Å²) in [5.74, 6) is 0.281. The number of hydrogen-bond donors (Lipinski definition) is 0. The van der Waals surface area contributed by atoms with Gasteiger partial charge in [0.2, 0.25) is 5.88 Å². The number of anilines is 1. The Morgan fingerprint density at radius 2 is 1.81 bits per heavy atom. The van der Waals surface area contributed by atoms with Crippen molar-refractivity contribution in [1.29, 1.82) is 0 Å². The van der Waals surface area contributed by atoms with Crippen molar-refractivity contribution in [2.24, 2.45) is 0 Å². The minimum atomic E-state index is -4.38. The molecule has 0 saturated carbocycles. The molecule has 1 amide bonds. The molecule has 4 rings (SSSR count). The number of alkyl halides is 3. The van der Waals surface area contributed by atoms with Crippen LogP contribution in [0.4, 0.5) is 18.9 Å². The maximum atomic E-state index is 13.0. The van der Waals surface area contributed by atoms with Gasteiger partial charge in [-0.1, -0.05) is 6.07 Å². The van der Waals surface area contributed by atoms with Gasteiger partial charge >= 0.3 is 6.18 Å². The normalized spacial score (nSPS) is 18.2. The van der Waals surface area contributed by atoms with Gasteiger partial charge in [-0.2, -0.15) is 13.2 Å². The lowest BCUT2D eigenvalue weighted by Gasteiger charge is -2.36. The summed E-state index contributed by atoms with van der Waals surface area (Å²) >= 11 is 0. The lowest BCUT2D eigenvalue weighted by molar-refractivity contribution is -0.137. The lowest BCUT2D eigenvalue weighted by Crippen LogP contribution is -2.48. The molecule has 9 heteroatoms. The van der Waals surface area contributed by atoms with Crippen LogP contribution in [0.1, 0.15) is 28.8 Å². The maximum Gasteiger partial charge on any atom is 0.416 e. The number of amides is 1. The lowest BCUT2D eigenvalue weighted by atomic mass is 10.1. The quantitative estimate of drug-likeness (QED) is 0.734. The molecule has 2 aliphatic rings. The fourth-order valence-electron chi connectivity index (χ4n) is 3.80. The van der Waals surface area contributed by atoms with Gasteiger partial charge in [0.15, 0.2) is 0 Å². The number of carbonyl (C=O) groups is 1. The molecular formula is C22H24F3N3O3. The van der Waals surface area contributed by atoms with E-state index in [0.717, 1.165) is 25.0 Å². The Morgan fingerprint density at radius 3 is 2.52 bits per heavy atom. The molecule has 0 N–H and O–H groups in total. The van der Waals surface area contributed by atoms with Crippen LogP contribution in [-0.4, -0.2) is 61.3 Å². The van der Waals surface area contributed by atoms with E-state index in [1.165, 1.54) is 6.07 Å². The number of hydrogen-bond acceptors (Lipinski definition) is 5. The molecule has 6 nitrogen and oxygen atoms in total. The van der Waals surface area contributed by atoms with Gasteiger partial charge in [0.25, 0.3) is 5.91 Å². The largest absolute Gasteiger partial charge is 0.474 e. The van der Waals surface area contributed by atoms with E-state index in [1.54, 1.807) is 29.3 Å². The van der Waals surface area contributed by atoms with E-state index in [2.05, 4.69) is 4.98 Å². The molecule has 0 spiro atoms. The van der Waals surface area contributed by atoms with Crippen LogP contribution in [0.25, 0.3) is 0 Å². The molecule has 0 unspecified atom stereocenters. The Kier molecular flexibility index (Phi) is 6.31. The van der Waals surface area contributed by atoms with Crippen molar-refractivity contribution in [1.82, 2.24) is 9.88 Å². The zero-order valence-corrected chi connectivity index (χ0v) is 17.0. The van der Waals surface area contributed by atoms with E-state index in [9.17, 15) is 18.0 Å². The van der Waals surface area contributed by atoms with Gasteiger partial charge in [0, 0.05) is 62.5 Å². The number of rotatable bonds is 4. The molecule has 2 fully saturated rings. The van der Waals surface area contributed by atoms with Crippen molar-refractivity contribution < 1.29 is 27.4 Å². The predicted octanol–water partition coefficient (Wildman–Crippen LogP) is 3.62. The Labute approximate surface area is 178 Å². The van der Waals surface area contributed by atoms with Crippen LogP contribution in [0, 0.1) is 0 Å². The second-order valence-corrected chi connectivity index (χ2v) is 7.64. The first-order chi connectivity index (χ1) is 14.9. The molecule has 1 aromatic carbocycles. The van der Waals surface area contributed by atoms with Crippen LogP contribution in [-0.2, 0) is 10.9 Å². The topological polar surface area (TPSA) is 54.9 Å². The Hall–Kier alpha value is -2.81. The third-order valence-corrected chi connectivity index (χ3v) is 5.54. The summed E-state index contributed by atoms with van der Waals surface area (Å²) in [6, 6.07) is 8.59. The number of carbonyl (C=O) groups excluding carboxylic acids is 1. The van der Waals surface area contributed by atoms with Crippen molar-refractivity contribution in [3.05, 3.63) is 53.7 Å². The van der Waals surface area contributed by atoms with E-state index >= 15 is 0 Å². The van der Waals surface area contributed by atoms with Crippen molar-refractivity contribution in [3.63, 3.8) is 0 Å². The third-order valence-electron chi connectivity index (χ3n) is 5.54. The highest BCUT2D eigenvalue weighted by atomic mass is 19.4. The number of benzene rings is 1. The predicted molar refractivity (Wildman–Crippen MR) is 108 cm³/mol. The van der Waals surface area contributed by atoms with Gasteiger partial charge in [-0.15, -0.1) is 0 Å². The minimum absolute atomic E-state index is 0.0302. The van der Waals surface area contributed by atoms with Gasteiger partial charge in [-0.25, -0.2) is 4.98 Å². The fourth-order valence-corrected chi connectivity index (χ4v) is 3.80. The summed E-state index contributed by atoms with van der Waals surface area (Å²) < 4.78 is 50.1. The standard InChI is InChI=1S/C22H24F3N3O3/c23-22(24,25)17-2-1-3-18(15-17)27-8-10-28(11-9-27)21(29)16-4-7-26-20(14-16)31-19-5-12-30-13-6-19/h1-4,7,14-15,19H,5-6,8-13H2. The zero-order chi connectivity index (χ0) is 21.8. The van der Waals surface area contributed by atoms with Crippen LogP contribution in [0.2, 0.25) is 0 Å². The number of ether oxygens (including phenoxy) is 2. The van der Waals surface area contributed by atoms with Gasteiger partial charge in [0.05, 0.1) is 18.8 Å². The summed E-state index contributed by atoms with van der Waals surface area (Å²) in [5.41, 5.74) is 0.333. The zero-order valence-electron chi connectivity index (χ0n) is 17.0. The highest BCUT2D eigenvalue weighted by molar-refractivity contribution is 5.94. The third kappa shape index (κ3) is 5.28. The number of nitrogens with zero attached hydrogens (tertiary/aromatic N) is 3. The molecule has 0 atom stereocenters. The fraction of sp³-hybridized carbons (Fsp3) is 0.455. The second kappa shape index (κ2) is 9.13. The molecular weight excluding hydrogens is 411 g/mol. The molecule has 0 bridgehead atoms. The van der Waals surface area contributed by atoms with Gasteiger partial charge in [-0.05, 0) is 24.3 Å². The first-order valence-electron chi connectivity index (χ1n) is 10.3. The van der Waals surface area contributed by atoms with Crippen LogP contribution < -0.4 is 9.64 Å². The first kappa shape index (κ1) is 21.4. The number of aromatic nitrogens is 1. The second-order valence-electron chi connectivity index (χ2n) is 7.64. The Balaban J connectivity index is 1.37. The SMILES string of the molecule is O=C(c1ccnc(OC2CCOCC2)c1)N1CCN(c2cccc(C(F)(F)F)c2)CC1.